The number of anilines is 1. The predicted octanol–water partition coefficient (Wildman–Crippen LogP) is 2.27. The van der Waals surface area contributed by atoms with Crippen LogP contribution in [0.15, 0.2) is 12.1 Å². The summed E-state index contributed by atoms with van der Waals surface area (Å²) >= 11 is 0. The number of halogens is 3. The molecule has 0 fully saturated rings. The summed E-state index contributed by atoms with van der Waals surface area (Å²) in [6.07, 6.45) is -5.05. The van der Waals surface area contributed by atoms with E-state index in [1.54, 1.807) is 26.1 Å². The highest BCUT2D eigenvalue weighted by molar-refractivity contribution is 5.41. The Bertz CT molecular complexity index is 379. The maximum atomic E-state index is 12.1. The van der Waals surface area contributed by atoms with E-state index in [-0.39, 0.29) is 13.2 Å². The molecule has 1 aromatic heterocycles. The molecule has 0 aliphatic heterocycles. The van der Waals surface area contributed by atoms with Gasteiger partial charge in [-0.2, -0.15) is 13.2 Å². The Morgan fingerprint density at radius 3 is 2.53 bits per heavy atom. The van der Waals surface area contributed by atoms with Crippen molar-refractivity contribution in [2.24, 2.45) is 0 Å². The molecule has 0 bridgehead atoms. The summed E-state index contributed by atoms with van der Waals surface area (Å²) in [5.74, 6) is 0.443. The summed E-state index contributed by atoms with van der Waals surface area (Å²) in [4.78, 5) is 5.56. The SMILES string of the molecule is Cc1cc(CO)cc(N(C)CCC(F)(F)F)n1. The number of aliphatic hydroxyl groups excluding tert-OH is 1. The molecule has 6 heteroatoms. The number of aliphatic hydroxyl groups is 1. The van der Waals surface area contributed by atoms with E-state index in [0.29, 0.717) is 17.1 Å². The van der Waals surface area contributed by atoms with E-state index in [4.69, 9.17) is 5.11 Å². The van der Waals surface area contributed by atoms with Gasteiger partial charge >= 0.3 is 6.18 Å². The van der Waals surface area contributed by atoms with Crippen molar-refractivity contribution in [2.75, 3.05) is 18.5 Å². The summed E-state index contributed by atoms with van der Waals surface area (Å²) < 4.78 is 36.2. The molecule has 0 atom stereocenters. The van der Waals surface area contributed by atoms with E-state index < -0.39 is 12.6 Å². The smallest absolute Gasteiger partial charge is 0.390 e. The van der Waals surface area contributed by atoms with Gasteiger partial charge in [-0.1, -0.05) is 0 Å². The molecule has 1 heterocycles. The van der Waals surface area contributed by atoms with Crippen LogP contribution in [0.25, 0.3) is 0 Å². The van der Waals surface area contributed by atoms with Gasteiger partial charge in [0.2, 0.25) is 0 Å². The Labute approximate surface area is 97.9 Å². The van der Waals surface area contributed by atoms with E-state index in [1.807, 2.05) is 0 Å². The number of alkyl halides is 3. The molecule has 0 spiro atoms. The second kappa shape index (κ2) is 5.35. The van der Waals surface area contributed by atoms with Crippen LogP contribution in [-0.2, 0) is 6.61 Å². The molecular weight excluding hydrogens is 233 g/mol. The number of hydrogen-bond acceptors (Lipinski definition) is 3. The van der Waals surface area contributed by atoms with Gasteiger partial charge in [-0.3, -0.25) is 0 Å². The lowest BCUT2D eigenvalue weighted by Gasteiger charge is -2.20. The molecule has 1 aromatic rings. The summed E-state index contributed by atoms with van der Waals surface area (Å²) in [7, 11) is 1.55. The van der Waals surface area contributed by atoms with E-state index in [9.17, 15) is 13.2 Å². The molecule has 0 unspecified atom stereocenters. The van der Waals surface area contributed by atoms with Gasteiger partial charge in [-0.15, -0.1) is 0 Å². The molecule has 0 saturated heterocycles. The number of aryl methyl sites for hydroxylation is 1. The summed E-state index contributed by atoms with van der Waals surface area (Å²) in [5, 5.41) is 9.00. The Kier molecular flexibility index (Phi) is 4.34. The van der Waals surface area contributed by atoms with E-state index in [0.717, 1.165) is 0 Å². The first-order valence-electron chi connectivity index (χ1n) is 5.18. The van der Waals surface area contributed by atoms with Crippen molar-refractivity contribution in [3.8, 4) is 0 Å². The van der Waals surface area contributed by atoms with Crippen molar-refractivity contribution in [1.29, 1.82) is 0 Å². The highest BCUT2D eigenvalue weighted by Gasteiger charge is 2.27. The van der Waals surface area contributed by atoms with Gasteiger partial charge in [0.1, 0.15) is 5.82 Å². The summed E-state index contributed by atoms with van der Waals surface area (Å²) in [6.45, 7) is 1.44. The fourth-order valence-electron chi connectivity index (χ4n) is 1.42. The highest BCUT2D eigenvalue weighted by Crippen LogP contribution is 2.21. The molecule has 0 aliphatic carbocycles. The number of aromatic nitrogens is 1. The molecule has 96 valence electrons. The average Bonchev–Trinajstić information content (AvgIpc) is 2.23. The normalized spacial score (nSPS) is 11.6. The first-order valence-corrected chi connectivity index (χ1v) is 5.18. The molecule has 0 saturated carbocycles. The molecule has 0 radical (unpaired) electrons. The van der Waals surface area contributed by atoms with E-state index in [1.165, 1.54) is 4.90 Å². The van der Waals surface area contributed by atoms with E-state index in [2.05, 4.69) is 4.98 Å². The van der Waals surface area contributed by atoms with Crippen molar-refractivity contribution in [2.45, 2.75) is 26.1 Å². The Hall–Kier alpha value is -1.30. The lowest BCUT2D eigenvalue weighted by molar-refractivity contribution is -0.132. The van der Waals surface area contributed by atoms with Crippen molar-refractivity contribution in [1.82, 2.24) is 4.98 Å². The monoisotopic (exact) mass is 248 g/mol. The van der Waals surface area contributed by atoms with Gasteiger partial charge in [-0.05, 0) is 24.6 Å². The minimum absolute atomic E-state index is 0.148. The third-order valence-electron chi connectivity index (χ3n) is 2.30. The van der Waals surface area contributed by atoms with Crippen molar-refractivity contribution < 1.29 is 18.3 Å². The van der Waals surface area contributed by atoms with Crippen LogP contribution in [0, 0.1) is 6.92 Å². The molecule has 17 heavy (non-hydrogen) atoms. The number of hydrogen-bond donors (Lipinski definition) is 1. The van der Waals surface area contributed by atoms with Gasteiger partial charge in [-0.25, -0.2) is 4.98 Å². The molecule has 3 nitrogen and oxygen atoms in total. The average molecular weight is 248 g/mol. The van der Waals surface area contributed by atoms with Gasteiger partial charge in [0.05, 0.1) is 13.0 Å². The Morgan fingerprint density at radius 2 is 2.00 bits per heavy atom. The minimum Gasteiger partial charge on any atom is -0.392 e. The van der Waals surface area contributed by atoms with Crippen LogP contribution in [0.1, 0.15) is 17.7 Å². The lowest BCUT2D eigenvalue weighted by atomic mass is 10.2. The molecule has 1 N–H and O–H groups in total. The second-order valence-electron chi connectivity index (χ2n) is 3.92. The van der Waals surface area contributed by atoms with E-state index >= 15 is 0 Å². The zero-order valence-corrected chi connectivity index (χ0v) is 9.75. The van der Waals surface area contributed by atoms with Gasteiger partial charge in [0, 0.05) is 19.3 Å². The third kappa shape index (κ3) is 4.60. The zero-order valence-electron chi connectivity index (χ0n) is 9.75. The lowest BCUT2D eigenvalue weighted by Crippen LogP contribution is -2.25. The molecular formula is C11H15F3N2O. The zero-order chi connectivity index (χ0) is 13.1. The predicted molar refractivity (Wildman–Crippen MR) is 58.8 cm³/mol. The second-order valence-corrected chi connectivity index (χ2v) is 3.92. The standard InChI is InChI=1S/C11H15F3N2O/c1-8-5-9(7-17)6-10(15-8)16(2)4-3-11(12,13)14/h5-6,17H,3-4,7H2,1-2H3. The molecule has 1 rings (SSSR count). The Morgan fingerprint density at radius 1 is 1.35 bits per heavy atom. The highest BCUT2D eigenvalue weighted by atomic mass is 19.4. The van der Waals surface area contributed by atoms with Crippen LogP contribution < -0.4 is 4.90 Å². The van der Waals surface area contributed by atoms with Crippen molar-refractivity contribution in [3.63, 3.8) is 0 Å². The largest absolute Gasteiger partial charge is 0.392 e. The van der Waals surface area contributed by atoms with Crippen LogP contribution in [-0.4, -0.2) is 29.9 Å². The van der Waals surface area contributed by atoms with Gasteiger partial charge in [0.25, 0.3) is 0 Å². The maximum absolute atomic E-state index is 12.1. The number of rotatable bonds is 4. The van der Waals surface area contributed by atoms with Gasteiger partial charge < -0.3 is 10.0 Å². The molecule has 0 aliphatic rings. The first-order chi connectivity index (χ1) is 7.81. The van der Waals surface area contributed by atoms with Crippen LogP contribution in [0.3, 0.4) is 0 Å². The van der Waals surface area contributed by atoms with Crippen LogP contribution in [0.2, 0.25) is 0 Å². The van der Waals surface area contributed by atoms with Crippen LogP contribution >= 0.6 is 0 Å². The topological polar surface area (TPSA) is 36.4 Å². The van der Waals surface area contributed by atoms with Gasteiger partial charge in [0.15, 0.2) is 0 Å². The fourth-order valence-corrected chi connectivity index (χ4v) is 1.42. The first kappa shape index (κ1) is 13.8. The summed E-state index contributed by atoms with van der Waals surface area (Å²) in [6, 6.07) is 3.28. The maximum Gasteiger partial charge on any atom is 0.390 e. The van der Waals surface area contributed by atoms with Crippen molar-refractivity contribution in [3.05, 3.63) is 23.4 Å². The number of nitrogens with zero attached hydrogens (tertiary/aromatic N) is 2. The quantitative estimate of drug-likeness (QED) is 0.888. The fraction of sp³-hybridized carbons (Fsp3) is 0.545. The Balaban J connectivity index is 2.74. The summed E-state index contributed by atoms with van der Waals surface area (Å²) in [5.41, 5.74) is 1.32. The van der Waals surface area contributed by atoms with Crippen molar-refractivity contribution >= 4 is 5.82 Å². The van der Waals surface area contributed by atoms with Crippen LogP contribution in [0.5, 0.6) is 0 Å². The molecule has 0 aromatic carbocycles. The third-order valence-corrected chi connectivity index (χ3v) is 2.30. The minimum atomic E-state index is -4.17. The number of pyridine rings is 1. The molecule has 0 amide bonds. The van der Waals surface area contributed by atoms with Crippen LogP contribution in [0.4, 0.5) is 19.0 Å².